The highest BCUT2D eigenvalue weighted by Crippen LogP contribution is 2.34. The first kappa shape index (κ1) is 22.1. The van der Waals surface area contributed by atoms with E-state index in [1.807, 2.05) is 13.8 Å². The van der Waals surface area contributed by atoms with Gasteiger partial charge in [0.05, 0.1) is 23.7 Å². The van der Waals surface area contributed by atoms with Crippen molar-refractivity contribution in [3.05, 3.63) is 57.4 Å². The third kappa shape index (κ3) is 3.76. The number of ketones is 1. The van der Waals surface area contributed by atoms with E-state index >= 15 is 0 Å². The van der Waals surface area contributed by atoms with Crippen LogP contribution in [-0.2, 0) is 11.3 Å². The fraction of sp³-hybridized carbons (Fsp3) is 0.435. The Labute approximate surface area is 181 Å². The minimum atomic E-state index is -0.683. The summed E-state index contributed by atoms with van der Waals surface area (Å²) in [4.78, 5) is 40.8. The summed E-state index contributed by atoms with van der Waals surface area (Å²) in [6, 6.07) is 6.21. The molecule has 1 atom stereocenters. The molecular formula is C23H27ClN2O4. The first-order valence-electron chi connectivity index (χ1n) is 10.1. The fourth-order valence-corrected chi connectivity index (χ4v) is 4.35. The van der Waals surface area contributed by atoms with E-state index in [1.54, 1.807) is 47.6 Å². The van der Waals surface area contributed by atoms with E-state index in [9.17, 15) is 14.4 Å². The van der Waals surface area contributed by atoms with Crippen LogP contribution < -0.4 is 0 Å². The SMILES string of the molecule is CCn1c(C)c(C(=O)C(C)N(C(=O)c2ccccc2Cl)C2CC2)c(C)c1C(=O)OC. The largest absolute Gasteiger partial charge is 0.464 e. The molecule has 1 aliphatic carbocycles. The Kier molecular flexibility index (Phi) is 6.36. The number of ether oxygens (including phenoxy) is 1. The molecule has 1 fully saturated rings. The molecule has 0 N–H and O–H groups in total. The average molecular weight is 431 g/mol. The van der Waals surface area contributed by atoms with E-state index < -0.39 is 12.0 Å². The minimum Gasteiger partial charge on any atom is -0.464 e. The maximum atomic E-state index is 13.6. The van der Waals surface area contributed by atoms with Gasteiger partial charge in [-0.25, -0.2) is 4.79 Å². The highest BCUT2D eigenvalue weighted by molar-refractivity contribution is 6.33. The second-order valence-electron chi connectivity index (χ2n) is 7.63. The van der Waals surface area contributed by atoms with Crippen molar-refractivity contribution in [2.24, 2.45) is 0 Å². The number of hydrogen-bond donors (Lipinski definition) is 0. The van der Waals surface area contributed by atoms with E-state index in [0.29, 0.717) is 39.6 Å². The summed E-state index contributed by atoms with van der Waals surface area (Å²) in [5, 5.41) is 0.366. The molecule has 1 aromatic carbocycles. The van der Waals surface area contributed by atoms with Gasteiger partial charge in [0.2, 0.25) is 0 Å². The number of aromatic nitrogens is 1. The van der Waals surface area contributed by atoms with Crippen molar-refractivity contribution in [3.8, 4) is 0 Å². The van der Waals surface area contributed by atoms with Crippen LogP contribution in [0, 0.1) is 13.8 Å². The smallest absolute Gasteiger partial charge is 0.354 e. The van der Waals surface area contributed by atoms with Crippen LogP contribution in [0.1, 0.15) is 69.2 Å². The molecule has 1 amide bonds. The van der Waals surface area contributed by atoms with Crippen LogP contribution in [0.15, 0.2) is 24.3 Å². The Morgan fingerprint density at radius 3 is 2.40 bits per heavy atom. The standard InChI is InChI=1S/C23H27ClN2O4/c1-6-25-14(3)19(13(2)20(25)23(29)30-5)21(27)15(4)26(16-11-12-16)22(28)17-9-7-8-10-18(17)24/h7-10,15-16H,6,11-12H2,1-5H3. The molecule has 0 bridgehead atoms. The van der Waals surface area contributed by atoms with Crippen LogP contribution in [0.5, 0.6) is 0 Å². The van der Waals surface area contributed by atoms with Crippen molar-refractivity contribution in [2.75, 3.05) is 7.11 Å². The van der Waals surface area contributed by atoms with E-state index in [0.717, 1.165) is 12.8 Å². The second kappa shape index (κ2) is 8.64. The summed E-state index contributed by atoms with van der Waals surface area (Å²) in [6.07, 6.45) is 1.71. The van der Waals surface area contributed by atoms with Crippen molar-refractivity contribution in [2.45, 2.75) is 59.2 Å². The molecule has 1 aliphatic rings. The number of nitrogens with zero attached hydrogens (tertiary/aromatic N) is 2. The Morgan fingerprint density at radius 1 is 1.23 bits per heavy atom. The molecular weight excluding hydrogens is 404 g/mol. The van der Waals surface area contributed by atoms with E-state index in [2.05, 4.69) is 0 Å². The van der Waals surface area contributed by atoms with E-state index in [1.165, 1.54) is 7.11 Å². The first-order chi connectivity index (χ1) is 14.2. The molecule has 1 aromatic heterocycles. The topological polar surface area (TPSA) is 68.6 Å². The Balaban J connectivity index is 2.02. The van der Waals surface area contributed by atoms with Gasteiger partial charge in [-0.3, -0.25) is 9.59 Å². The number of halogens is 1. The Morgan fingerprint density at radius 2 is 1.87 bits per heavy atom. The summed E-state index contributed by atoms with van der Waals surface area (Å²) in [5.74, 6) is -0.910. The van der Waals surface area contributed by atoms with Gasteiger partial charge in [-0.2, -0.15) is 0 Å². The number of carbonyl (C=O) groups excluding carboxylic acids is 3. The quantitative estimate of drug-likeness (QED) is 0.481. The number of carbonyl (C=O) groups is 3. The second-order valence-corrected chi connectivity index (χ2v) is 8.04. The van der Waals surface area contributed by atoms with Gasteiger partial charge in [0.25, 0.3) is 5.91 Å². The van der Waals surface area contributed by atoms with Gasteiger partial charge in [0.1, 0.15) is 5.69 Å². The van der Waals surface area contributed by atoms with Crippen molar-refractivity contribution < 1.29 is 19.1 Å². The zero-order valence-corrected chi connectivity index (χ0v) is 18.7. The normalized spacial score (nSPS) is 14.3. The zero-order valence-electron chi connectivity index (χ0n) is 18.0. The molecule has 7 heteroatoms. The number of methoxy groups -OCH3 is 1. The summed E-state index contributed by atoms with van der Waals surface area (Å²) >= 11 is 6.25. The van der Waals surface area contributed by atoms with Crippen molar-refractivity contribution in [3.63, 3.8) is 0 Å². The summed E-state index contributed by atoms with van der Waals surface area (Å²) in [7, 11) is 1.32. The highest BCUT2D eigenvalue weighted by atomic mass is 35.5. The molecule has 2 aromatic rings. The highest BCUT2D eigenvalue weighted by Gasteiger charge is 2.41. The number of Topliss-reactive ketones (excluding diaryl/α,β-unsaturated/α-hetero) is 1. The lowest BCUT2D eigenvalue weighted by atomic mass is 9.99. The van der Waals surface area contributed by atoms with Gasteiger partial charge in [-0.1, -0.05) is 23.7 Å². The maximum absolute atomic E-state index is 13.6. The molecule has 0 radical (unpaired) electrons. The summed E-state index contributed by atoms with van der Waals surface area (Å²) in [6.45, 7) is 7.76. The molecule has 1 unspecified atom stereocenters. The molecule has 30 heavy (non-hydrogen) atoms. The molecule has 0 spiro atoms. The number of amides is 1. The predicted octanol–water partition coefficient (Wildman–Crippen LogP) is 4.44. The summed E-state index contributed by atoms with van der Waals surface area (Å²) in [5.41, 5.74) is 2.53. The van der Waals surface area contributed by atoms with Crippen molar-refractivity contribution in [1.82, 2.24) is 9.47 Å². The van der Waals surface area contributed by atoms with Crippen LogP contribution >= 0.6 is 11.6 Å². The number of benzene rings is 1. The van der Waals surface area contributed by atoms with E-state index in [-0.39, 0.29) is 17.7 Å². The Hall–Kier alpha value is -2.60. The first-order valence-corrected chi connectivity index (χ1v) is 10.5. The lowest BCUT2D eigenvalue weighted by Crippen LogP contribution is -2.45. The van der Waals surface area contributed by atoms with E-state index in [4.69, 9.17) is 16.3 Å². The molecule has 160 valence electrons. The van der Waals surface area contributed by atoms with Gasteiger partial charge < -0.3 is 14.2 Å². The molecule has 1 saturated carbocycles. The lowest BCUT2D eigenvalue weighted by Gasteiger charge is -2.29. The molecule has 6 nitrogen and oxygen atoms in total. The van der Waals surface area contributed by atoms with Gasteiger partial charge >= 0.3 is 5.97 Å². The Bertz CT molecular complexity index is 1010. The van der Waals surface area contributed by atoms with Crippen LogP contribution in [0.4, 0.5) is 0 Å². The van der Waals surface area contributed by atoms with Crippen LogP contribution in [0.2, 0.25) is 5.02 Å². The number of rotatable bonds is 7. The molecule has 3 rings (SSSR count). The number of hydrogen-bond acceptors (Lipinski definition) is 4. The predicted molar refractivity (Wildman–Crippen MR) is 115 cm³/mol. The average Bonchev–Trinajstić information content (AvgIpc) is 3.52. The van der Waals surface area contributed by atoms with Gasteiger partial charge in [-0.05, 0) is 58.2 Å². The van der Waals surface area contributed by atoms with Gasteiger partial charge in [0, 0.05) is 23.8 Å². The lowest BCUT2D eigenvalue weighted by molar-refractivity contribution is 0.0586. The third-order valence-electron chi connectivity index (χ3n) is 5.78. The van der Waals surface area contributed by atoms with Crippen molar-refractivity contribution >= 4 is 29.3 Å². The fourth-order valence-electron chi connectivity index (χ4n) is 4.13. The maximum Gasteiger partial charge on any atom is 0.354 e. The van der Waals surface area contributed by atoms with Crippen LogP contribution in [-0.4, -0.2) is 46.3 Å². The van der Waals surface area contributed by atoms with Gasteiger partial charge in [0.15, 0.2) is 5.78 Å². The van der Waals surface area contributed by atoms with Crippen LogP contribution in [0.3, 0.4) is 0 Å². The molecule has 1 heterocycles. The minimum absolute atomic E-state index is 0.0154. The zero-order chi connectivity index (χ0) is 22.2. The molecule has 0 saturated heterocycles. The molecule has 0 aliphatic heterocycles. The monoisotopic (exact) mass is 430 g/mol. The van der Waals surface area contributed by atoms with Crippen LogP contribution in [0.25, 0.3) is 0 Å². The summed E-state index contributed by atoms with van der Waals surface area (Å²) < 4.78 is 6.71. The van der Waals surface area contributed by atoms with Crippen molar-refractivity contribution in [1.29, 1.82) is 0 Å². The van der Waals surface area contributed by atoms with Gasteiger partial charge in [-0.15, -0.1) is 0 Å². The third-order valence-corrected chi connectivity index (χ3v) is 6.11. The number of esters is 1.